The summed E-state index contributed by atoms with van der Waals surface area (Å²) < 4.78 is 7.11. The van der Waals surface area contributed by atoms with E-state index in [0.29, 0.717) is 6.61 Å². The van der Waals surface area contributed by atoms with Gasteiger partial charge in [-0.1, -0.05) is 6.07 Å². The van der Waals surface area contributed by atoms with E-state index < -0.39 is 0 Å². The van der Waals surface area contributed by atoms with Crippen LogP contribution in [-0.2, 0) is 11.3 Å². The zero-order chi connectivity index (χ0) is 13.7. The number of nitrogens with zero attached hydrogens (tertiary/aromatic N) is 3. The lowest BCUT2D eigenvalue weighted by molar-refractivity contribution is 0.210. The van der Waals surface area contributed by atoms with Crippen LogP contribution in [0.4, 0.5) is 5.95 Å². The molecule has 0 aliphatic heterocycles. The number of anilines is 1. The molecule has 0 fully saturated rings. The maximum atomic E-state index is 5.03. The molecule has 0 saturated heterocycles. The highest BCUT2D eigenvalue weighted by atomic mass is 16.5. The van der Waals surface area contributed by atoms with Gasteiger partial charge in [0, 0.05) is 25.5 Å². The molecule has 0 atom stereocenters. The van der Waals surface area contributed by atoms with Gasteiger partial charge in [0.05, 0.1) is 24.5 Å². The van der Waals surface area contributed by atoms with Crippen LogP contribution in [0, 0.1) is 13.8 Å². The first-order valence-electron chi connectivity index (χ1n) is 6.38. The fraction of sp³-hybridized carbons (Fsp3) is 0.429. The standard InChI is InChI=1S/C14H20N4O/c1-11-5-4-6-13(16-11)10-18-9-12(2)17-14(18)15-7-8-19-3/h4-6,9H,7-8,10H2,1-3H3,(H,15,17). The number of aromatic nitrogens is 3. The van der Waals surface area contributed by atoms with Crippen LogP contribution < -0.4 is 5.32 Å². The van der Waals surface area contributed by atoms with E-state index in [2.05, 4.69) is 19.9 Å². The Bertz CT molecular complexity index is 536. The summed E-state index contributed by atoms with van der Waals surface area (Å²) >= 11 is 0. The Balaban J connectivity index is 2.10. The summed E-state index contributed by atoms with van der Waals surface area (Å²) in [6, 6.07) is 6.06. The molecule has 5 heteroatoms. The van der Waals surface area contributed by atoms with Crippen LogP contribution >= 0.6 is 0 Å². The smallest absolute Gasteiger partial charge is 0.203 e. The first-order chi connectivity index (χ1) is 9.19. The molecule has 0 radical (unpaired) electrons. The van der Waals surface area contributed by atoms with Gasteiger partial charge in [0.25, 0.3) is 0 Å². The van der Waals surface area contributed by atoms with E-state index in [-0.39, 0.29) is 0 Å². The van der Waals surface area contributed by atoms with Crippen molar-refractivity contribution in [3.05, 3.63) is 41.5 Å². The van der Waals surface area contributed by atoms with E-state index in [1.165, 1.54) is 0 Å². The summed E-state index contributed by atoms with van der Waals surface area (Å²) in [6.07, 6.45) is 2.03. The number of nitrogens with one attached hydrogen (secondary N) is 1. The fourth-order valence-corrected chi connectivity index (χ4v) is 1.94. The summed E-state index contributed by atoms with van der Waals surface area (Å²) in [5.41, 5.74) is 3.06. The molecule has 2 aromatic heterocycles. The summed E-state index contributed by atoms with van der Waals surface area (Å²) in [6.45, 7) is 6.11. The van der Waals surface area contributed by atoms with Crippen molar-refractivity contribution in [3.63, 3.8) is 0 Å². The van der Waals surface area contributed by atoms with Crippen LogP contribution in [-0.4, -0.2) is 34.8 Å². The molecule has 0 bridgehead atoms. The Morgan fingerprint density at radius 1 is 1.21 bits per heavy atom. The maximum absolute atomic E-state index is 5.03. The van der Waals surface area contributed by atoms with Gasteiger partial charge in [0.1, 0.15) is 0 Å². The molecule has 1 N–H and O–H groups in total. The molecule has 0 amide bonds. The van der Waals surface area contributed by atoms with Crippen molar-refractivity contribution < 1.29 is 4.74 Å². The number of imidazole rings is 1. The average Bonchev–Trinajstić information content (AvgIpc) is 2.70. The lowest BCUT2D eigenvalue weighted by atomic mass is 10.3. The van der Waals surface area contributed by atoms with Crippen LogP contribution in [0.15, 0.2) is 24.4 Å². The first-order valence-corrected chi connectivity index (χ1v) is 6.38. The molecular formula is C14H20N4O. The zero-order valence-electron chi connectivity index (χ0n) is 11.7. The number of aryl methyl sites for hydroxylation is 2. The molecule has 19 heavy (non-hydrogen) atoms. The van der Waals surface area contributed by atoms with Crippen molar-refractivity contribution in [3.8, 4) is 0 Å². The van der Waals surface area contributed by atoms with Gasteiger partial charge < -0.3 is 14.6 Å². The predicted molar refractivity (Wildman–Crippen MR) is 75.4 cm³/mol. The molecule has 2 heterocycles. The Morgan fingerprint density at radius 3 is 2.79 bits per heavy atom. The maximum Gasteiger partial charge on any atom is 0.203 e. The molecule has 0 aromatic carbocycles. The normalized spacial score (nSPS) is 10.7. The van der Waals surface area contributed by atoms with Crippen molar-refractivity contribution in [2.24, 2.45) is 0 Å². The molecule has 0 unspecified atom stereocenters. The molecule has 0 aliphatic carbocycles. The monoisotopic (exact) mass is 260 g/mol. The second kappa shape index (κ2) is 6.33. The second-order valence-electron chi connectivity index (χ2n) is 4.52. The average molecular weight is 260 g/mol. The number of pyridine rings is 1. The lowest BCUT2D eigenvalue weighted by Gasteiger charge is -2.09. The lowest BCUT2D eigenvalue weighted by Crippen LogP contribution is -2.13. The Labute approximate surface area is 113 Å². The molecule has 2 aromatic rings. The van der Waals surface area contributed by atoms with Gasteiger partial charge in [-0.15, -0.1) is 0 Å². The van der Waals surface area contributed by atoms with Crippen LogP contribution in [0.5, 0.6) is 0 Å². The number of rotatable bonds is 6. The van der Waals surface area contributed by atoms with Crippen molar-refractivity contribution in [1.29, 1.82) is 0 Å². The van der Waals surface area contributed by atoms with Gasteiger partial charge in [-0.2, -0.15) is 0 Å². The molecule has 0 spiro atoms. The van der Waals surface area contributed by atoms with E-state index >= 15 is 0 Å². The Morgan fingerprint density at radius 2 is 2.05 bits per heavy atom. The van der Waals surface area contributed by atoms with E-state index in [9.17, 15) is 0 Å². The number of methoxy groups -OCH3 is 1. The largest absolute Gasteiger partial charge is 0.383 e. The topological polar surface area (TPSA) is 52.0 Å². The van der Waals surface area contributed by atoms with E-state index in [0.717, 1.165) is 36.1 Å². The summed E-state index contributed by atoms with van der Waals surface area (Å²) in [7, 11) is 1.69. The van der Waals surface area contributed by atoms with Gasteiger partial charge in [-0.05, 0) is 26.0 Å². The minimum absolute atomic E-state index is 0.661. The van der Waals surface area contributed by atoms with Crippen LogP contribution in [0.3, 0.4) is 0 Å². The predicted octanol–water partition coefficient (Wildman–Crippen LogP) is 2.00. The van der Waals surface area contributed by atoms with Crippen LogP contribution in [0.1, 0.15) is 17.1 Å². The molecule has 2 rings (SSSR count). The van der Waals surface area contributed by atoms with E-state index in [1.807, 2.05) is 38.2 Å². The van der Waals surface area contributed by atoms with Crippen LogP contribution in [0.2, 0.25) is 0 Å². The molecule has 0 saturated carbocycles. The minimum atomic E-state index is 0.661. The third-order valence-electron chi connectivity index (χ3n) is 2.76. The van der Waals surface area contributed by atoms with Gasteiger partial charge in [-0.25, -0.2) is 4.98 Å². The summed E-state index contributed by atoms with van der Waals surface area (Å²) in [5.74, 6) is 0.859. The SMILES string of the molecule is COCCNc1nc(C)cn1Cc1cccc(C)n1. The minimum Gasteiger partial charge on any atom is -0.383 e. The highest BCUT2D eigenvalue weighted by Gasteiger charge is 2.06. The summed E-state index contributed by atoms with van der Waals surface area (Å²) in [5, 5.41) is 3.27. The number of hydrogen-bond acceptors (Lipinski definition) is 4. The van der Waals surface area contributed by atoms with Gasteiger partial charge in [-0.3, -0.25) is 4.98 Å². The van der Waals surface area contributed by atoms with Crippen molar-refractivity contribution in [2.75, 3.05) is 25.6 Å². The van der Waals surface area contributed by atoms with Gasteiger partial charge >= 0.3 is 0 Å². The first kappa shape index (κ1) is 13.5. The zero-order valence-corrected chi connectivity index (χ0v) is 11.7. The van der Waals surface area contributed by atoms with Crippen molar-refractivity contribution in [2.45, 2.75) is 20.4 Å². The van der Waals surface area contributed by atoms with E-state index in [1.54, 1.807) is 7.11 Å². The third kappa shape index (κ3) is 3.79. The molecular weight excluding hydrogens is 240 g/mol. The Kier molecular flexibility index (Phi) is 4.52. The fourth-order valence-electron chi connectivity index (χ4n) is 1.94. The highest BCUT2D eigenvalue weighted by molar-refractivity contribution is 5.29. The number of hydrogen-bond donors (Lipinski definition) is 1. The van der Waals surface area contributed by atoms with Gasteiger partial charge in [0.2, 0.25) is 5.95 Å². The third-order valence-corrected chi connectivity index (χ3v) is 2.76. The van der Waals surface area contributed by atoms with Crippen molar-refractivity contribution in [1.82, 2.24) is 14.5 Å². The number of ether oxygens (including phenoxy) is 1. The molecule has 0 aliphatic rings. The highest BCUT2D eigenvalue weighted by Crippen LogP contribution is 2.11. The molecule has 5 nitrogen and oxygen atoms in total. The second-order valence-corrected chi connectivity index (χ2v) is 4.52. The Hall–Kier alpha value is -1.88. The quantitative estimate of drug-likeness (QED) is 0.807. The van der Waals surface area contributed by atoms with Gasteiger partial charge in [0.15, 0.2) is 0 Å². The molecule has 102 valence electrons. The van der Waals surface area contributed by atoms with Crippen molar-refractivity contribution >= 4 is 5.95 Å². The summed E-state index contributed by atoms with van der Waals surface area (Å²) in [4.78, 5) is 8.98. The van der Waals surface area contributed by atoms with E-state index in [4.69, 9.17) is 4.74 Å². The van der Waals surface area contributed by atoms with Crippen LogP contribution in [0.25, 0.3) is 0 Å².